The summed E-state index contributed by atoms with van der Waals surface area (Å²) in [6, 6.07) is 13.9. The lowest BCUT2D eigenvalue weighted by Gasteiger charge is -2.38. The van der Waals surface area contributed by atoms with Crippen LogP contribution < -0.4 is 20.0 Å². The van der Waals surface area contributed by atoms with Crippen LogP contribution in [0.2, 0.25) is 0 Å². The first-order valence-electron chi connectivity index (χ1n) is 15.1. The second-order valence-electron chi connectivity index (χ2n) is 11.0. The fourth-order valence-corrected chi connectivity index (χ4v) is 6.15. The van der Waals surface area contributed by atoms with Crippen molar-refractivity contribution in [1.82, 2.24) is 19.7 Å². The number of halogens is 2. The molecule has 1 atom stereocenters. The van der Waals surface area contributed by atoms with Crippen molar-refractivity contribution in [2.24, 2.45) is 0 Å². The molecule has 1 fully saturated rings. The van der Waals surface area contributed by atoms with Crippen LogP contribution in [0, 0.1) is 5.82 Å². The maximum absolute atomic E-state index is 13.5. The largest absolute Gasteiger partial charge is 0.494 e. The molecule has 5 rings (SSSR count). The van der Waals surface area contributed by atoms with Crippen molar-refractivity contribution in [3.63, 3.8) is 0 Å². The monoisotopic (exact) mass is 618 g/mol. The van der Waals surface area contributed by atoms with E-state index in [-0.39, 0.29) is 17.8 Å². The molecule has 1 saturated heterocycles. The number of hydrogen-bond donors (Lipinski definition) is 1. The molecule has 232 valence electrons. The van der Waals surface area contributed by atoms with Crippen LogP contribution in [0.4, 0.5) is 4.39 Å². The van der Waals surface area contributed by atoms with Gasteiger partial charge in [-0.15, -0.1) is 11.6 Å². The van der Waals surface area contributed by atoms with Gasteiger partial charge in [0.15, 0.2) is 5.88 Å². The van der Waals surface area contributed by atoms with Gasteiger partial charge in [-0.2, -0.15) is 0 Å². The Labute approximate surface area is 263 Å². The van der Waals surface area contributed by atoms with Gasteiger partial charge in [0.05, 0.1) is 12.6 Å². The molecule has 1 aromatic heterocycles. The number of aromatic nitrogens is 1. The van der Waals surface area contributed by atoms with E-state index < -0.39 is 0 Å². The van der Waals surface area contributed by atoms with Crippen LogP contribution in [0.1, 0.15) is 36.2 Å². The lowest BCUT2D eigenvalue weighted by atomic mass is 9.93. The average Bonchev–Trinajstić information content (AvgIpc) is 3.37. The zero-order valence-corrected chi connectivity index (χ0v) is 26.0. The van der Waals surface area contributed by atoms with E-state index in [4.69, 9.17) is 21.1 Å². The molecule has 0 saturated carbocycles. The quantitative estimate of drug-likeness (QED) is 0.194. The average molecular weight is 619 g/mol. The molecule has 0 radical (unpaired) electrons. The number of amides is 1. The van der Waals surface area contributed by atoms with Gasteiger partial charge in [0.25, 0.3) is 0 Å². The highest BCUT2D eigenvalue weighted by molar-refractivity contribution is 6.20. The lowest BCUT2D eigenvalue weighted by Crippen LogP contribution is -2.48. The van der Waals surface area contributed by atoms with Crippen LogP contribution in [-0.2, 0) is 11.2 Å². The van der Waals surface area contributed by atoms with E-state index in [1.54, 1.807) is 25.1 Å². The van der Waals surface area contributed by atoms with Gasteiger partial charge < -0.3 is 24.3 Å². The summed E-state index contributed by atoms with van der Waals surface area (Å²) in [5.41, 5.74) is 3.30. The number of ether oxygens (including phenoxy) is 2. The van der Waals surface area contributed by atoms with Crippen molar-refractivity contribution >= 4 is 29.7 Å². The number of benzene rings is 2. The SMILES string of the molecule is C=C/C=c1/[nH]c2c(/c1=C/CCl)CCN(C(=C)Oc1ccc(F)cc1)C2c1ccc(OCCCN2CCN(C(C)=O)CC2)cc1. The Kier molecular flexibility index (Phi) is 10.5. The number of piperazine rings is 1. The number of hydrogen-bond acceptors (Lipinski definition) is 5. The molecule has 1 unspecified atom stereocenters. The summed E-state index contributed by atoms with van der Waals surface area (Å²) in [6.07, 6.45) is 7.44. The van der Waals surface area contributed by atoms with Crippen LogP contribution >= 0.6 is 11.6 Å². The molecule has 1 amide bonds. The van der Waals surface area contributed by atoms with Crippen LogP contribution in [0.5, 0.6) is 11.5 Å². The number of nitrogens with zero attached hydrogens (tertiary/aromatic N) is 3. The molecule has 7 nitrogen and oxygen atoms in total. The highest BCUT2D eigenvalue weighted by Crippen LogP contribution is 2.36. The molecule has 2 aromatic carbocycles. The molecule has 0 aliphatic carbocycles. The van der Waals surface area contributed by atoms with Gasteiger partial charge in [0, 0.05) is 68.3 Å². The second kappa shape index (κ2) is 14.6. The van der Waals surface area contributed by atoms with Crippen molar-refractivity contribution in [2.45, 2.75) is 25.8 Å². The summed E-state index contributed by atoms with van der Waals surface area (Å²) in [7, 11) is 0. The number of alkyl halides is 1. The maximum Gasteiger partial charge on any atom is 0.219 e. The summed E-state index contributed by atoms with van der Waals surface area (Å²) in [5, 5.41) is 2.05. The number of nitrogens with one attached hydrogen (secondary N) is 1. The molecule has 2 aliphatic heterocycles. The highest BCUT2D eigenvalue weighted by Gasteiger charge is 2.33. The summed E-state index contributed by atoms with van der Waals surface area (Å²) in [5.74, 6) is 2.03. The van der Waals surface area contributed by atoms with Crippen LogP contribution in [0.3, 0.4) is 0 Å². The number of aromatic amines is 1. The molecule has 0 bridgehead atoms. The topological polar surface area (TPSA) is 61.0 Å². The van der Waals surface area contributed by atoms with Crippen molar-refractivity contribution in [3.8, 4) is 11.5 Å². The van der Waals surface area contributed by atoms with Gasteiger partial charge in [0.1, 0.15) is 17.3 Å². The van der Waals surface area contributed by atoms with Gasteiger partial charge in [-0.1, -0.05) is 30.9 Å². The molecule has 1 N–H and O–H groups in total. The number of rotatable bonds is 11. The Hall–Kier alpha value is -4.01. The third kappa shape index (κ3) is 7.37. The van der Waals surface area contributed by atoms with E-state index in [0.717, 1.165) is 73.1 Å². The lowest BCUT2D eigenvalue weighted by molar-refractivity contribution is -0.130. The van der Waals surface area contributed by atoms with Crippen molar-refractivity contribution in [2.75, 3.05) is 51.8 Å². The minimum absolute atomic E-state index is 0.148. The number of carbonyl (C=O) groups excluding carboxylic acids is 1. The predicted molar refractivity (Wildman–Crippen MR) is 174 cm³/mol. The molecule has 3 aromatic rings. The fraction of sp³-hybridized carbons (Fsp3) is 0.343. The van der Waals surface area contributed by atoms with Crippen molar-refractivity contribution < 1.29 is 18.7 Å². The van der Waals surface area contributed by atoms with E-state index in [0.29, 0.717) is 30.7 Å². The van der Waals surface area contributed by atoms with Crippen LogP contribution in [0.15, 0.2) is 73.6 Å². The summed E-state index contributed by atoms with van der Waals surface area (Å²) >= 11 is 6.16. The number of H-pyrrole nitrogens is 1. The van der Waals surface area contributed by atoms with Gasteiger partial charge in [0.2, 0.25) is 5.91 Å². The third-order valence-electron chi connectivity index (χ3n) is 8.23. The Morgan fingerprint density at radius 2 is 1.77 bits per heavy atom. The molecule has 0 spiro atoms. The van der Waals surface area contributed by atoms with Crippen molar-refractivity contribution in [1.29, 1.82) is 0 Å². The highest BCUT2D eigenvalue weighted by atomic mass is 35.5. The van der Waals surface area contributed by atoms with E-state index in [1.165, 1.54) is 17.7 Å². The van der Waals surface area contributed by atoms with E-state index in [9.17, 15) is 9.18 Å². The molecular weight excluding hydrogens is 579 g/mol. The fourth-order valence-electron chi connectivity index (χ4n) is 6.00. The number of carbonyl (C=O) groups is 1. The minimum atomic E-state index is -0.321. The molecule has 3 heterocycles. The predicted octanol–water partition coefficient (Wildman–Crippen LogP) is 4.57. The third-order valence-corrected chi connectivity index (χ3v) is 8.39. The van der Waals surface area contributed by atoms with Crippen molar-refractivity contribution in [3.05, 3.63) is 107 Å². The second-order valence-corrected chi connectivity index (χ2v) is 11.3. The van der Waals surface area contributed by atoms with Gasteiger partial charge >= 0.3 is 0 Å². The molecule has 44 heavy (non-hydrogen) atoms. The van der Waals surface area contributed by atoms with E-state index in [1.807, 2.05) is 29.2 Å². The van der Waals surface area contributed by atoms with Gasteiger partial charge in [-0.05, 0) is 73.0 Å². The van der Waals surface area contributed by atoms with Gasteiger partial charge in [-0.3, -0.25) is 9.69 Å². The van der Waals surface area contributed by atoms with E-state index in [2.05, 4.69) is 40.1 Å². The Morgan fingerprint density at radius 3 is 2.43 bits per heavy atom. The minimum Gasteiger partial charge on any atom is -0.494 e. The van der Waals surface area contributed by atoms with Gasteiger partial charge in [-0.25, -0.2) is 4.39 Å². The standard InChI is InChI=1S/C35H40ClFN4O3/c1-4-6-33-31(15-17-36)32-16-19-41(26(3)44-30-13-9-28(37)10-14-30)35(34(32)38-33)27-7-11-29(12-8-27)43-24-5-18-39-20-22-40(23-21-39)25(2)42/h4,6-15,35,38H,1,3,5,16-24H2,2H3/b31-15-,33-6+. The maximum atomic E-state index is 13.5. The zero-order valence-electron chi connectivity index (χ0n) is 25.2. The van der Waals surface area contributed by atoms with Crippen LogP contribution in [-0.4, -0.2) is 77.3 Å². The normalized spacial score (nSPS) is 17.8. The summed E-state index contributed by atoms with van der Waals surface area (Å²) in [6.45, 7) is 15.4. The first-order valence-corrected chi connectivity index (χ1v) is 15.6. The first kappa shape index (κ1) is 31.4. The number of allylic oxidation sites excluding steroid dienone is 1. The zero-order chi connectivity index (χ0) is 31.1. The molecule has 9 heteroatoms. The smallest absolute Gasteiger partial charge is 0.219 e. The molecular formula is C35H40ClFN4O3. The molecule has 2 aliphatic rings. The van der Waals surface area contributed by atoms with E-state index >= 15 is 0 Å². The Balaban J connectivity index is 1.32. The first-order chi connectivity index (χ1) is 21.4. The number of fused-ring (bicyclic) bond motifs is 1. The van der Waals surface area contributed by atoms with Crippen LogP contribution in [0.25, 0.3) is 12.2 Å². The summed E-state index contributed by atoms with van der Waals surface area (Å²) in [4.78, 5) is 21.6. The Morgan fingerprint density at radius 1 is 1.07 bits per heavy atom. The summed E-state index contributed by atoms with van der Waals surface area (Å²) < 4.78 is 25.7. The Bertz CT molecular complexity index is 1580.